The summed E-state index contributed by atoms with van der Waals surface area (Å²) in [7, 11) is 1.58. The van der Waals surface area contributed by atoms with Crippen molar-refractivity contribution in [1.29, 1.82) is 0 Å². The van der Waals surface area contributed by atoms with Crippen LogP contribution in [0.2, 0.25) is 0 Å². The number of phenolic OH excluding ortho intramolecular Hbond substituents is 1. The molecule has 1 aromatic carbocycles. The summed E-state index contributed by atoms with van der Waals surface area (Å²) >= 11 is 0. The Morgan fingerprint density at radius 3 is 2.47 bits per heavy atom. The molecule has 1 unspecified atom stereocenters. The van der Waals surface area contributed by atoms with E-state index in [4.69, 9.17) is 4.74 Å². The van der Waals surface area contributed by atoms with Crippen molar-refractivity contribution in [1.82, 2.24) is 0 Å². The molecule has 0 aromatic heterocycles. The van der Waals surface area contributed by atoms with E-state index in [1.54, 1.807) is 21.0 Å². The van der Waals surface area contributed by atoms with Gasteiger partial charge in [0.25, 0.3) is 0 Å². The van der Waals surface area contributed by atoms with Crippen molar-refractivity contribution in [2.24, 2.45) is 0 Å². The third-order valence-electron chi connectivity index (χ3n) is 2.55. The molecule has 0 radical (unpaired) electrons. The van der Waals surface area contributed by atoms with Gasteiger partial charge in [0, 0.05) is 12.0 Å². The van der Waals surface area contributed by atoms with Gasteiger partial charge in [-0.3, -0.25) is 0 Å². The fourth-order valence-corrected chi connectivity index (χ4v) is 1.69. The summed E-state index contributed by atoms with van der Waals surface area (Å²) in [6, 6.07) is 1.88. The van der Waals surface area contributed by atoms with Crippen LogP contribution in [0.25, 0.3) is 0 Å². The van der Waals surface area contributed by atoms with Crippen LogP contribution in [-0.2, 0) is 6.42 Å². The van der Waals surface area contributed by atoms with Gasteiger partial charge in [0.15, 0.2) is 0 Å². The second kappa shape index (κ2) is 4.53. The highest BCUT2D eigenvalue weighted by molar-refractivity contribution is 5.52. The van der Waals surface area contributed by atoms with Gasteiger partial charge in [-0.25, -0.2) is 0 Å². The van der Waals surface area contributed by atoms with E-state index in [0.29, 0.717) is 12.2 Å². The molecule has 15 heavy (non-hydrogen) atoms. The summed E-state index contributed by atoms with van der Waals surface area (Å²) in [4.78, 5) is 0. The van der Waals surface area contributed by atoms with Crippen LogP contribution in [0.1, 0.15) is 23.6 Å². The van der Waals surface area contributed by atoms with E-state index < -0.39 is 6.10 Å². The number of aliphatic hydroxyl groups is 1. The predicted octanol–water partition coefficient (Wildman–Crippen LogP) is 1.94. The molecule has 0 aliphatic heterocycles. The van der Waals surface area contributed by atoms with E-state index in [-0.39, 0.29) is 5.75 Å². The van der Waals surface area contributed by atoms with E-state index in [1.807, 2.05) is 13.0 Å². The minimum atomic E-state index is -0.456. The van der Waals surface area contributed by atoms with Crippen LogP contribution in [0.3, 0.4) is 0 Å². The number of methoxy groups -OCH3 is 1. The molecule has 0 saturated heterocycles. The molecule has 84 valence electrons. The lowest BCUT2D eigenvalue weighted by atomic mass is 9.98. The Bertz CT molecular complexity index is 356. The fraction of sp³-hybridized carbons (Fsp3) is 0.500. The summed E-state index contributed by atoms with van der Waals surface area (Å²) in [5, 5.41) is 19.3. The zero-order valence-corrected chi connectivity index (χ0v) is 9.66. The normalized spacial score (nSPS) is 12.6. The highest BCUT2D eigenvalue weighted by Crippen LogP contribution is 2.33. The lowest BCUT2D eigenvalue weighted by Gasteiger charge is -2.15. The van der Waals surface area contributed by atoms with E-state index in [0.717, 1.165) is 16.7 Å². The number of benzene rings is 1. The third-order valence-corrected chi connectivity index (χ3v) is 2.55. The number of aryl methyl sites for hydroxylation is 1. The molecule has 0 aliphatic rings. The summed E-state index contributed by atoms with van der Waals surface area (Å²) in [6.45, 7) is 5.41. The van der Waals surface area contributed by atoms with Gasteiger partial charge in [0.05, 0.1) is 13.2 Å². The third kappa shape index (κ3) is 2.42. The first kappa shape index (κ1) is 11.9. The first-order valence-corrected chi connectivity index (χ1v) is 5.01. The van der Waals surface area contributed by atoms with Crippen molar-refractivity contribution in [3.63, 3.8) is 0 Å². The number of ether oxygens (including phenoxy) is 1. The van der Waals surface area contributed by atoms with Crippen LogP contribution in [0.15, 0.2) is 6.07 Å². The summed E-state index contributed by atoms with van der Waals surface area (Å²) in [6.07, 6.45) is 0.00470. The smallest absolute Gasteiger partial charge is 0.125 e. The van der Waals surface area contributed by atoms with E-state index in [9.17, 15) is 10.2 Å². The van der Waals surface area contributed by atoms with Crippen LogP contribution in [0, 0.1) is 13.8 Å². The lowest BCUT2D eigenvalue weighted by Crippen LogP contribution is -2.07. The van der Waals surface area contributed by atoms with E-state index in [2.05, 4.69) is 0 Å². The molecule has 2 N–H and O–H groups in total. The van der Waals surface area contributed by atoms with Crippen molar-refractivity contribution in [2.75, 3.05) is 7.11 Å². The molecule has 1 rings (SSSR count). The Labute approximate surface area is 90.3 Å². The number of aliphatic hydroxyl groups excluding tert-OH is 1. The molecule has 0 aliphatic carbocycles. The minimum absolute atomic E-state index is 0.229. The first-order valence-electron chi connectivity index (χ1n) is 5.01. The Morgan fingerprint density at radius 2 is 2.00 bits per heavy atom. The molecule has 1 atom stereocenters. The maximum Gasteiger partial charge on any atom is 0.125 e. The number of hydrogen-bond acceptors (Lipinski definition) is 3. The fourth-order valence-electron chi connectivity index (χ4n) is 1.69. The number of phenols is 1. The summed E-state index contributed by atoms with van der Waals surface area (Å²) in [5.41, 5.74) is 2.46. The number of hydrogen-bond donors (Lipinski definition) is 2. The van der Waals surface area contributed by atoms with E-state index >= 15 is 0 Å². The zero-order chi connectivity index (χ0) is 11.6. The molecule has 0 fully saturated rings. The monoisotopic (exact) mass is 210 g/mol. The number of rotatable bonds is 3. The molecule has 1 aromatic rings. The van der Waals surface area contributed by atoms with Crippen molar-refractivity contribution < 1.29 is 14.9 Å². The van der Waals surface area contributed by atoms with Crippen molar-refractivity contribution in [2.45, 2.75) is 33.3 Å². The maximum atomic E-state index is 9.95. The highest BCUT2D eigenvalue weighted by atomic mass is 16.5. The highest BCUT2D eigenvalue weighted by Gasteiger charge is 2.14. The first-order chi connectivity index (χ1) is 6.97. The van der Waals surface area contributed by atoms with E-state index in [1.165, 1.54) is 0 Å². The predicted molar refractivity (Wildman–Crippen MR) is 59.5 cm³/mol. The minimum Gasteiger partial charge on any atom is -0.507 e. The van der Waals surface area contributed by atoms with Gasteiger partial charge < -0.3 is 14.9 Å². The molecule has 3 nitrogen and oxygen atoms in total. The van der Waals surface area contributed by atoms with Crippen molar-refractivity contribution in [3.05, 3.63) is 22.8 Å². The molecule has 0 amide bonds. The Morgan fingerprint density at radius 1 is 1.40 bits per heavy atom. The van der Waals surface area contributed by atoms with Crippen molar-refractivity contribution in [3.8, 4) is 11.5 Å². The van der Waals surface area contributed by atoms with Gasteiger partial charge in [-0.15, -0.1) is 0 Å². The van der Waals surface area contributed by atoms with Crippen LogP contribution >= 0.6 is 0 Å². The van der Waals surface area contributed by atoms with Gasteiger partial charge in [-0.05, 0) is 38.0 Å². The average molecular weight is 210 g/mol. The van der Waals surface area contributed by atoms with Crippen LogP contribution < -0.4 is 4.74 Å². The molecular weight excluding hydrogens is 192 g/mol. The van der Waals surface area contributed by atoms with Gasteiger partial charge in [-0.2, -0.15) is 0 Å². The Balaban J connectivity index is 3.23. The Kier molecular flexibility index (Phi) is 3.58. The molecular formula is C12H18O3. The van der Waals surface area contributed by atoms with Gasteiger partial charge in [0.2, 0.25) is 0 Å². The van der Waals surface area contributed by atoms with Gasteiger partial charge >= 0.3 is 0 Å². The number of aromatic hydroxyl groups is 1. The molecule has 0 bridgehead atoms. The Hall–Kier alpha value is -1.22. The second-order valence-corrected chi connectivity index (χ2v) is 3.90. The SMILES string of the molecule is COc1cc(C)c(CC(C)O)c(O)c1C. The summed E-state index contributed by atoms with van der Waals surface area (Å²) in [5.74, 6) is 0.909. The molecule has 0 saturated carbocycles. The standard InChI is InChI=1S/C12H18O3/c1-7-5-11(15-4)9(3)12(14)10(7)6-8(2)13/h5,8,13-14H,6H2,1-4H3. The topological polar surface area (TPSA) is 49.7 Å². The van der Waals surface area contributed by atoms with Gasteiger partial charge in [0.1, 0.15) is 11.5 Å². The lowest BCUT2D eigenvalue weighted by molar-refractivity contribution is 0.194. The van der Waals surface area contributed by atoms with Crippen LogP contribution in [-0.4, -0.2) is 23.4 Å². The molecule has 0 heterocycles. The van der Waals surface area contributed by atoms with Crippen LogP contribution in [0.5, 0.6) is 11.5 Å². The average Bonchev–Trinajstić information content (AvgIpc) is 2.18. The molecule has 3 heteroatoms. The van der Waals surface area contributed by atoms with Gasteiger partial charge in [-0.1, -0.05) is 0 Å². The van der Waals surface area contributed by atoms with Crippen molar-refractivity contribution >= 4 is 0 Å². The quantitative estimate of drug-likeness (QED) is 0.801. The maximum absolute atomic E-state index is 9.95. The zero-order valence-electron chi connectivity index (χ0n) is 9.66. The van der Waals surface area contributed by atoms with Crippen LogP contribution in [0.4, 0.5) is 0 Å². The summed E-state index contributed by atoms with van der Waals surface area (Å²) < 4.78 is 5.14. The second-order valence-electron chi connectivity index (χ2n) is 3.90. The largest absolute Gasteiger partial charge is 0.507 e. The molecule has 0 spiro atoms.